The van der Waals surface area contributed by atoms with E-state index in [1.807, 2.05) is 31.2 Å². The molecule has 2 fully saturated rings. The number of carbonyl (C=O) groups excluding carboxylic acids is 1. The molecule has 0 bridgehead atoms. The third-order valence-corrected chi connectivity index (χ3v) is 5.73. The van der Waals surface area contributed by atoms with Gasteiger partial charge in [0, 0.05) is 18.1 Å². The average Bonchev–Trinajstić information content (AvgIpc) is 3.15. The van der Waals surface area contributed by atoms with Gasteiger partial charge in [0.2, 0.25) is 5.91 Å². The number of carboxylic acids is 1. The zero-order chi connectivity index (χ0) is 16.6. The Kier molecular flexibility index (Phi) is 4.37. The first-order valence-corrected chi connectivity index (χ1v) is 8.60. The summed E-state index contributed by atoms with van der Waals surface area (Å²) in [5, 5.41) is 9.97. The molecule has 0 radical (unpaired) electrons. The molecular formula is C18H22ClNO3. The minimum atomic E-state index is -0.806. The predicted molar refractivity (Wildman–Crippen MR) is 88.5 cm³/mol. The summed E-state index contributed by atoms with van der Waals surface area (Å²) < 4.78 is 0. The van der Waals surface area contributed by atoms with Gasteiger partial charge in [-0.3, -0.25) is 9.59 Å². The highest BCUT2D eigenvalue weighted by Gasteiger charge is 2.48. The van der Waals surface area contributed by atoms with Crippen molar-refractivity contribution in [1.29, 1.82) is 0 Å². The Morgan fingerprint density at radius 1 is 1.17 bits per heavy atom. The smallest absolute Gasteiger partial charge is 0.308 e. The van der Waals surface area contributed by atoms with Crippen LogP contribution in [0.5, 0.6) is 0 Å². The molecule has 0 spiro atoms. The molecule has 1 heterocycles. The van der Waals surface area contributed by atoms with Crippen LogP contribution in [0, 0.1) is 11.8 Å². The summed E-state index contributed by atoms with van der Waals surface area (Å²) in [5.41, 5.74) is 0.508. The molecule has 0 unspecified atom stereocenters. The highest BCUT2D eigenvalue weighted by atomic mass is 35.5. The van der Waals surface area contributed by atoms with Crippen LogP contribution in [0.15, 0.2) is 24.3 Å². The van der Waals surface area contributed by atoms with Crippen molar-refractivity contribution in [3.8, 4) is 0 Å². The normalized spacial score (nSPS) is 26.4. The van der Waals surface area contributed by atoms with Gasteiger partial charge in [0.05, 0.1) is 11.3 Å². The van der Waals surface area contributed by atoms with E-state index in [0.717, 1.165) is 31.2 Å². The number of benzene rings is 1. The average molecular weight is 336 g/mol. The molecule has 2 atom stereocenters. The zero-order valence-electron chi connectivity index (χ0n) is 13.3. The first-order valence-electron chi connectivity index (χ1n) is 8.22. The number of aliphatic carboxylic acids is 1. The van der Waals surface area contributed by atoms with Crippen LogP contribution >= 0.6 is 11.6 Å². The summed E-state index contributed by atoms with van der Waals surface area (Å²) in [7, 11) is 0. The van der Waals surface area contributed by atoms with Gasteiger partial charge in [-0.25, -0.2) is 0 Å². The topological polar surface area (TPSA) is 57.6 Å². The lowest BCUT2D eigenvalue weighted by atomic mass is 9.77. The van der Waals surface area contributed by atoms with Crippen molar-refractivity contribution in [3.63, 3.8) is 0 Å². The van der Waals surface area contributed by atoms with Gasteiger partial charge >= 0.3 is 5.97 Å². The zero-order valence-corrected chi connectivity index (χ0v) is 14.1. The number of halogens is 1. The van der Waals surface area contributed by atoms with E-state index in [4.69, 9.17) is 11.6 Å². The Bertz CT molecular complexity index is 607. The van der Waals surface area contributed by atoms with E-state index in [0.29, 0.717) is 18.1 Å². The Morgan fingerprint density at radius 3 is 2.30 bits per heavy atom. The standard InChI is InChI=1S/C18H22ClNO3/c1-12-10-20(11-15(12)16(21)22)17(23)18(8-2-3-9-18)13-4-6-14(19)7-5-13/h4-7,12,15H,2-3,8-11H2,1H3,(H,21,22)/t12-,15-/m1/s1. The number of likely N-dealkylation sites (tertiary alicyclic amines) is 1. The summed E-state index contributed by atoms with van der Waals surface area (Å²) in [5.74, 6) is -1.17. The summed E-state index contributed by atoms with van der Waals surface area (Å²) in [4.78, 5) is 26.4. The van der Waals surface area contributed by atoms with Crippen LogP contribution < -0.4 is 0 Å². The lowest BCUT2D eigenvalue weighted by Gasteiger charge is -2.33. The van der Waals surface area contributed by atoms with E-state index in [2.05, 4.69) is 0 Å². The summed E-state index contributed by atoms with van der Waals surface area (Å²) >= 11 is 5.98. The first kappa shape index (κ1) is 16.3. The Labute approximate surface area is 141 Å². The van der Waals surface area contributed by atoms with Crippen molar-refractivity contribution in [2.24, 2.45) is 11.8 Å². The SMILES string of the molecule is C[C@@H]1CN(C(=O)C2(c3ccc(Cl)cc3)CCCC2)C[C@H]1C(=O)O. The van der Waals surface area contributed by atoms with Gasteiger partial charge in [0.15, 0.2) is 0 Å². The maximum atomic E-state index is 13.3. The minimum Gasteiger partial charge on any atom is -0.481 e. The van der Waals surface area contributed by atoms with Crippen molar-refractivity contribution in [1.82, 2.24) is 4.90 Å². The monoisotopic (exact) mass is 335 g/mol. The molecule has 1 amide bonds. The Morgan fingerprint density at radius 2 is 1.78 bits per heavy atom. The van der Waals surface area contributed by atoms with E-state index < -0.39 is 17.3 Å². The lowest BCUT2D eigenvalue weighted by Crippen LogP contribution is -2.44. The van der Waals surface area contributed by atoms with E-state index >= 15 is 0 Å². The highest BCUT2D eigenvalue weighted by Crippen LogP contribution is 2.44. The van der Waals surface area contributed by atoms with Crippen molar-refractivity contribution in [2.75, 3.05) is 13.1 Å². The number of amides is 1. The minimum absolute atomic E-state index is 0.000112. The molecule has 124 valence electrons. The fourth-order valence-electron chi connectivity index (χ4n) is 4.13. The second-order valence-corrected chi connectivity index (χ2v) is 7.36. The van der Waals surface area contributed by atoms with Gasteiger partial charge in [0.25, 0.3) is 0 Å². The van der Waals surface area contributed by atoms with Crippen LogP contribution in [0.3, 0.4) is 0 Å². The number of carbonyl (C=O) groups is 2. The molecule has 4 nitrogen and oxygen atoms in total. The second kappa shape index (κ2) is 6.16. The highest BCUT2D eigenvalue weighted by molar-refractivity contribution is 6.30. The first-order chi connectivity index (χ1) is 10.9. The van der Waals surface area contributed by atoms with Crippen LogP contribution in [0.25, 0.3) is 0 Å². The van der Waals surface area contributed by atoms with Crippen LogP contribution in [0.1, 0.15) is 38.2 Å². The molecule has 1 aromatic rings. The molecule has 5 heteroatoms. The number of hydrogen-bond acceptors (Lipinski definition) is 2. The van der Waals surface area contributed by atoms with Crippen molar-refractivity contribution in [2.45, 2.75) is 38.0 Å². The van der Waals surface area contributed by atoms with Gasteiger partial charge in [-0.15, -0.1) is 0 Å². The molecule has 1 aromatic carbocycles. The molecular weight excluding hydrogens is 314 g/mol. The second-order valence-electron chi connectivity index (χ2n) is 6.93. The maximum absolute atomic E-state index is 13.3. The maximum Gasteiger partial charge on any atom is 0.308 e. The molecule has 1 saturated carbocycles. The van der Waals surface area contributed by atoms with Gasteiger partial charge in [0.1, 0.15) is 0 Å². The fourth-order valence-corrected chi connectivity index (χ4v) is 4.26. The molecule has 1 N–H and O–H groups in total. The molecule has 1 aliphatic heterocycles. The molecule has 1 saturated heterocycles. The third-order valence-electron chi connectivity index (χ3n) is 5.48. The molecule has 0 aromatic heterocycles. The van der Waals surface area contributed by atoms with Crippen LogP contribution in [0.4, 0.5) is 0 Å². The summed E-state index contributed by atoms with van der Waals surface area (Å²) in [6.07, 6.45) is 3.71. The number of rotatable bonds is 3. The van der Waals surface area contributed by atoms with E-state index in [-0.39, 0.29) is 11.8 Å². The van der Waals surface area contributed by atoms with E-state index in [1.165, 1.54) is 0 Å². The van der Waals surface area contributed by atoms with Crippen molar-refractivity contribution >= 4 is 23.5 Å². The molecule has 23 heavy (non-hydrogen) atoms. The number of hydrogen-bond donors (Lipinski definition) is 1. The Hall–Kier alpha value is -1.55. The molecule has 2 aliphatic rings. The number of nitrogens with zero attached hydrogens (tertiary/aromatic N) is 1. The summed E-state index contributed by atoms with van der Waals surface area (Å²) in [6, 6.07) is 7.55. The van der Waals surface area contributed by atoms with Gasteiger partial charge in [-0.2, -0.15) is 0 Å². The van der Waals surface area contributed by atoms with Crippen LogP contribution in [0.2, 0.25) is 5.02 Å². The van der Waals surface area contributed by atoms with Crippen LogP contribution in [-0.2, 0) is 15.0 Å². The van der Waals surface area contributed by atoms with Gasteiger partial charge < -0.3 is 10.0 Å². The molecule has 1 aliphatic carbocycles. The quantitative estimate of drug-likeness (QED) is 0.921. The van der Waals surface area contributed by atoms with Crippen LogP contribution in [-0.4, -0.2) is 35.0 Å². The number of carboxylic acid groups (broad SMARTS) is 1. The van der Waals surface area contributed by atoms with Crippen molar-refractivity contribution in [3.05, 3.63) is 34.9 Å². The fraction of sp³-hybridized carbons (Fsp3) is 0.556. The molecule has 3 rings (SSSR count). The Balaban J connectivity index is 1.88. The van der Waals surface area contributed by atoms with Crippen molar-refractivity contribution < 1.29 is 14.7 Å². The van der Waals surface area contributed by atoms with E-state index in [1.54, 1.807) is 4.90 Å². The largest absolute Gasteiger partial charge is 0.481 e. The predicted octanol–water partition coefficient (Wildman–Crippen LogP) is 3.33. The lowest BCUT2D eigenvalue weighted by molar-refractivity contribution is -0.142. The van der Waals surface area contributed by atoms with Gasteiger partial charge in [-0.1, -0.05) is 43.5 Å². The van der Waals surface area contributed by atoms with E-state index in [9.17, 15) is 14.7 Å². The third kappa shape index (κ3) is 2.85. The van der Waals surface area contributed by atoms with Gasteiger partial charge in [-0.05, 0) is 36.5 Å². The summed E-state index contributed by atoms with van der Waals surface area (Å²) in [6.45, 7) is 2.77.